The number of nitrogens with zero attached hydrogens (tertiary/aromatic N) is 12. The number of H-pyrrole nitrogens is 4. The van der Waals surface area contributed by atoms with Crippen LogP contribution in [0, 0.1) is 6.92 Å². The summed E-state index contributed by atoms with van der Waals surface area (Å²) >= 11 is 0. The molecule has 10 N–H and O–H groups in total. The normalized spacial score (nSPS) is 10.8. The molecule has 24 heteroatoms. The van der Waals surface area contributed by atoms with E-state index in [1.165, 1.54) is 0 Å². The molecule has 9 aromatic heterocycles. The fraction of sp³-hybridized carbons (Fsp3) is 0.0156. The molecule has 0 saturated carbocycles. The first kappa shape index (κ1) is 54.3. The monoisotopic (exact) mass is 1160 g/mol. The van der Waals surface area contributed by atoms with Crippen molar-refractivity contribution in [1.29, 1.82) is 0 Å². The van der Waals surface area contributed by atoms with E-state index in [0.29, 0.717) is 28.7 Å². The molecule has 0 amide bonds. The molecule has 24 nitrogen and oxygen atoms in total. The largest absolute Gasteiger partial charge is 0.422 e. The molecule has 0 aliphatic rings. The van der Waals surface area contributed by atoms with E-state index in [1.54, 1.807) is 43.4 Å². The lowest BCUT2D eigenvalue weighted by molar-refractivity contribution is 0.569. The molecule has 16 rings (SSSR count). The van der Waals surface area contributed by atoms with Crippen molar-refractivity contribution < 1.29 is 4.42 Å². The van der Waals surface area contributed by atoms with Crippen LogP contribution in [-0.4, -0.2) is 80.7 Å². The maximum atomic E-state index is 12.2. The summed E-state index contributed by atoms with van der Waals surface area (Å²) in [5, 5.41) is 52.7. The van der Waals surface area contributed by atoms with Gasteiger partial charge in [-0.25, -0.2) is 34.7 Å². The van der Waals surface area contributed by atoms with Gasteiger partial charge < -0.3 is 36.3 Å². The second-order valence-electron chi connectivity index (χ2n) is 19.4. The van der Waals surface area contributed by atoms with Crippen molar-refractivity contribution in [2.45, 2.75) is 6.92 Å². The number of aryl methyl sites for hydroxylation is 1. The number of aromatic nitrogens is 16. The summed E-state index contributed by atoms with van der Waals surface area (Å²) in [5.41, 5.74) is 6.39. The maximum Gasteiger partial charge on any atom is 0.344 e. The number of hydrogen-bond donors (Lipinski definition) is 10. The molecule has 0 radical (unpaired) electrons. The van der Waals surface area contributed by atoms with Crippen LogP contribution >= 0.6 is 0 Å². The molecule has 0 atom stereocenters. The second kappa shape index (κ2) is 25.2. The second-order valence-corrected chi connectivity index (χ2v) is 19.4. The third kappa shape index (κ3) is 12.6. The summed E-state index contributed by atoms with van der Waals surface area (Å²) in [4.78, 5) is 47.6. The number of para-hydroxylation sites is 5. The number of fused-ring (bicyclic) bond motifs is 7. The van der Waals surface area contributed by atoms with E-state index in [-0.39, 0.29) is 5.63 Å². The Morgan fingerprint density at radius 1 is 0.364 bits per heavy atom. The van der Waals surface area contributed by atoms with E-state index >= 15 is 0 Å². The third-order valence-corrected chi connectivity index (χ3v) is 13.4. The maximum absolute atomic E-state index is 12.2. The summed E-state index contributed by atoms with van der Waals surface area (Å²) in [5.74, 6) is 6.96. The molecule has 0 aliphatic heterocycles. The Morgan fingerprint density at radius 3 is 1.33 bits per heavy atom. The summed E-state index contributed by atoms with van der Waals surface area (Å²) in [6, 6.07) is 61.6. The predicted molar refractivity (Wildman–Crippen MR) is 343 cm³/mol. The Kier molecular flexibility index (Phi) is 15.6. The highest BCUT2D eigenvalue weighted by atomic mass is 16.4. The fourth-order valence-corrected chi connectivity index (χ4v) is 9.36. The van der Waals surface area contributed by atoms with Gasteiger partial charge in [-0.2, -0.15) is 30.4 Å². The van der Waals surface area contributed by atoms with Crippen LogP contribution in [0.3, 0.4) is 0 Å². The van der Waals surface area contributed by atoms with E-state index in [1.807, 2.05) is 189 Å². The molecule has 0 unspecified atom stereocenters. The van der Waals surface area contributed by atoms with Gasteiger partial charge in [-0.05, 0) is 97.2 Å². The van der Waals surface area contributed by atoms with Crippen molar-refractivity contribution in [2.24, 2.45) is 0 Å². The smallest absolute Gasteiger partial charge is 0.344 e. The van der Waals surface area contributed by atoms with Gasteiger partial charge >= 0.3 is 5.63 Å². The van der Waals surface area contributed by atoms with Crippen molar-refractivity contribution in [3.05, 3.63) is 241 Å². The van der Waals surface area contributed by atoms with E-state index in [0.717, 1.165) is 112 Å². The van der Waals surface area contributed by atoms with Crippen LogP contribution in [0.4, 0.5) is 69.8 Å². The zero-order valence-electron chi connectivity index (χ0n) is 46.5. The highest BCUT2D eigenvalue weighted by Crippen LogP contribution is 2.31. The van der Waals surface area contributed by atoms with Crippen LogP contribution in [0.1, 0.15) is 5.69 Å². The Bertz CT molecular complexity index is 5050. The van der Waals surface area contributed by atoms with Gasteiger partial charge in [0.25, 0.3) is 0 Å². The molecular weight excluding hydrogens is 1110 g/mol. The highest BCUT2D eigenvalue weighted by molar-refractivity contribution is 6.05. The van der Waals surface area contributed by atoms with E-state index < -0.39 is 0 Å². The van der Waals surface area contributed by atoms with Crippen LogP contribution in [-0.2, 0) is 0 Å². The molecule has 428 valence electrons. The quantitative estimate of drug-likeness (QED) is 0.0401. The first-order valence-electron chi connectivity index (χ1n) is 27.4. The number of benzene rings is 7. The van der Waals surface area contributed by atoms with Crippen molar-refractivity contribution in [1.82, 2.24) is 80.7 Å². The molecular formula is C64H50N22O2. The van der Waals surface area contributed by atoms with Gasteiger partial charge in [-0.1, -0.05) is 84.9 Å². The number of hydrogen-bond acceptors (Lipinski definition) is 20. The molecule has 9 heterocycles. The Balaban J connectivity index is 0.000000113. The Hall–Kier alpha value is -13.0. The minimum atomic E-state index is -0.346. The zero-order valence-corrected chi connectivity index (χ0v) is 46.5. The lowest BCUT2D eigenvalue weighted by Crippen LogP contribution is -2.03. The molecule has 16 aromatic rings. The zero-order chi connectivity index (χ0) is 59.4. The highest BCUT2D eigenvalue weighted by Gasteiger charge is 2.14. The fourth-order valence-electron chi connectivity index (χ4n) is 9.36. The molecule has 0 fully saturated rings. The van der Waals surface area contributed by atoms with Gasteiger partial charge in [0.2, 0.25) is 11.9 Å². The number of anilines is 12. The average Bonchev–Trinajstić information content (AvgIpc) is 2.59. The SMILES string of the molecule is Cc1cc(Nc2ncnc3ccccc23)n[nH]1.O=c1oc2ccc(Nc3nc(Nc4ccn[nH]4)c4ccccc4n3)cc2c2ccccc12.c1ccc(Nc2nc(Nc3ccn[nH]3)c3ccccc3n2)cc1.c1ccc2c(Nc3ccn[nH]3)ncnc2c1. The topological polar surface area (TPSA) is 320 Å². The first-order valence-corrected chi connectivity index (χ1v) is 27.4. The minimum absolute atomic E-state index is 0.346. The van der Waals surface area contributed by atoms with Gasteiger partial charge in [-0.15, -0.1) is 0 Å². The summed E-state index contributed by atoms with van der Waals surface area (Å²) in [6.45, 7) is 1.95. The standard InChI is InChI=1S/C24H16N6O2.C17H14N6.C12H11N5.C11H9N5/c31-23-16-6-2-1-5-15(16)18-13-14(9-10-20(18)32-23)26-24-27-19-8-4-3-7-17(19)22(29-24)28-21-11-12-25-30-21;1-2-6-12(7-3-1)19-17-20-14-9-5-4-8-13(14)16(22-17)21-15-10-11-18-23-15;1-8-6-11(17-16-8)15-12-9-4-2-3-5-10(9)13-7-14-12;1-2-4-9-8(3-1)11(13-7-12-9)15-10-5-6-14-16-10/h1-13H,(H3,25,26,27,28,29,30);1-11H,(H3,18,19,20,21,22,23);2-7H,1H3,(H2,13,14,15,16,17);1-7H,(H2,12,13,14,15,16). The summed E-state index contributed by atoms with van der Waals surface area (Å²) < 4.78 is 5.48. The van der Waals surface area contributed by atoms with Crippen molar-refractivity contribution in [2.75, 3.05) is 31.9 Å². The number of aromatic amines is 4. The van der Waals surface area contributed by atoms with Crippen molar-refractivity contribution >= 4 is 135 Å². The lowest BCUT2D eigenvalue weighted by atomic mass is 10.1. The van der Waals surface area contributed by atoms with Crippen LogP contribution in [0.2, 0.25) is 0 Å². The van der Waals surface area contributed by atoms with Gasteiger partial charge in [0, 0.05) is 68.3 Å². The Labute approximate surface area is 498 Å². The number of rotatable bonds is 12. The van der Waals surface area contributed by atoms with Gasteiger partial charge in [-0.3, -0.25) is 20.4 Å². The van der Waals surface area contributed by atoms with Crippen LogP contribution in [0.5, 0.6) is 0 Å². The Morgan fingerprint density at radius 2 is 0.818 bits per heavy atom. The average molecular weight is 1160 g/mol. The molecule has 0 bridgehead atoms. The first-order chi connectivity index (χ1) is 43.4. The van der Waals surface area contributed by atoms with Crippen LogP contribution in [0.15, 0.2) is 235 Å². The molecule has 0 aliphatic carbocycles. The van der Waals surface area contributed by atoms with E-state index in [9.17, 15) is 4.79 Å². The minimum Gasteiger partial charge on any atom is -0.422 e. The van der Waals surface area contributed by atoms with Gasteiger partial charge in [0.15, 0.2) is 5.82 Å². The number of nitrogens with one attached hydrogen (secondary N) is 10. The van der Waals surface area contributed by atoms with Crippen molar-refractivity contribution in [3.63, 3.8) is 0 Å². The van der Waals surface area contributed by atoms with E-state index in [4.69, 9.17) is 4.42 Å². The van der Waals surface area contributed by atoms with Crippen molar-refractivity contribution in [3.8, 4) is 0 Å². The van der Waals surface area contributed by atoms with Crippen LogP contribution in [0.25, 0.3) is 65.4 Å². The molecule has 0 saturated heterocycles. The van der Waals surface area contributed by atoms with E-state index in [2.05, 4.69) is 113 Å². The van der Waals surface area contributed by atoms with Gasteiger partial charge in [0.05, 0.1) is 46.0 Å². The van der Waals surface area contributed by atoms with Crippen LogP contribution < -0.4 is 37.5 Å². The molecule has 7 aromatic carbocycles. The molecule has 88 heavy (non-hydrogen) atoms. The lowest BCUT2D eigenvalue weighted by Gasteiger charge is -2.11. The molecule has 0 spiro atoms. The summed E-state index contributed by atoms with van der Waals surface area (Å²) in [6.07, 6.45) is 8.13. The third-order valence-electron chi connectivity index (χ3n) is 13.4. The summed E-state index contributed by atoms with van der Waals surface area (Å²) in [7, 11) is 0. The van der Waals surface area contributed by atoms with Gasteiger partial charge in [0.1, 0.15) is 59.0 Å². The predicted octanol–water partition coefficient (Wildman–Crippen LogP) is 13.4.